The molecule has 1 fully saturated rings. The maximum Gasteiger partial charge on any atom is 0.272 e. The minimum absolute atomic E-state index is 0.0243. The Kier molecular flexibility index (Phi) is 4.40. The lowest BCUT2D eigenvalue weighted by Gasteiger charge is -2.34. The molecule has 0 saturated heterocycles. The zero-order valence-corrected chi connectivity index (χ0v) is 12.0. The number of pyridine rings is 1. The van der Waals surface area contributed by atoms with Gasteiger partial charge in [0.05, 0.1) is 0 Å². The van der Waals surface area contributed by atoms with Crippen LogP contribution in [0.1, 0.15) is 43.1 Å². The Morgan fingerprint density at radius 3 is 2.89 bits per heavy atom. The van der Waals surface area contributed by atoms with Crippen LogP contribution in [0.4, 0.5) is 5.82 Å². The minimum atomic E-state index is 0.0243. The number of anilines is 1. The molecule has 1 N–H and O–H groups in total. The van der Waals surface area contributed by atoms with Crippen LogP contribution < -0.4 is 5.32 Å². The fraction of sp³-hybridized carbons (Fsp3) is 0.600. The predicted octanol–water partition coefficient (Wildman–Crippen LogP) is 2.77. The zero-order valence-electron chi connectivity index (χ0n) is 12.0. The molecular formula is C15H23N3O. The first-order valence-corrected chi connectivity index (χ1v) is 7.03. The van der Waals surface area contributed by atoms with Crippen molar-refractivity contribution in [3.63, 3.8) is 0 Å². The molecule has 1 aromatic heterocycles. The smallest absolute Gasteiger partial charge is 0.272 e. The van der Waals surface area contributed by atoms with Crippen molar-refractivity contribution in [2.24, 2.45) is 5.92 Å². The molecule has 2 rings (SSSR count). The Balaban J connectivity index is 2.09. The summed E-state index contributed by atoms with van der Waals surface area (Å²) in [5.74, 6) is 1.47. The van der Waals surface area contributed by atoms with Crippen molar-refractivity contribution in [2.75, 3.05) is 19.4 Å². The number of rotatable bonds is 3. The summed E-state index contributed by atoms with van der Waals surface area (Å²) in [6.45, 7) is 2.27. The van der Waals surface area contributed by atoms with Crippen LogP contribution >= 0.6 is 0 Å². The predicted molar refractivity (Wildman–Crippen MR) is 77.3 cm³/mol. The maximum atomic E-state index is 12.5. The molecule has 1 amide bonds. The largest absolute Gasteiger partial charge is 0.373 e. The van der Waals surface area contributed by atoms with Gasteiger partial charge >= 0.3 is 0 Å². The average molecular weight is 261 g/mol. The molecule has 0 radical (unpaired) electrons. The highest BCUT2D eigenvalue weighted by molar-refractivity contribution is 5.92. The summed E-state index contributed by atoms with van der Waals surface area (Å²) in [5, 5.41) is 2.97. The van der Waals surface area contributed by atoms with Crippen molar-refractivity contribution in [3.05, 3.63) is 23.9 Å². The number of hydrogen-bond acceptors (Lipinski definition) is 3. The van der Waals surface area contributed by atoms with E-state index in [4.69, 9.17) is 0 Å². The first kappa shape index (κ1) is 13.8. The molecule has 104 valence electrons. The monoisotopic (exact) mass is 261 g/mol. The Hall–Kier alpha value is -1.58. The van der Waals surface area contributed by atoms with Gasteiger partial charge in [-0.25, -0.2) is 4.98 Å². The van der Waals surface area contributed by atoms with E-state index in [9.17, 15) is 4.79 Å². The van der Waals surface area contributed by atoms with Crippen LogP contribution in [0.15, 0.2) is 18.2 Å². The Bertz CT molecular complexity index is 447. The second kappa shape index (κ2) is 6.04. The fourth-order valence-electron chi connectivity index (χ4n) is 2.79. The molecule has 0 aromatic carbocycles. The number of nitrogens with zero attached hydrogens (tertiary/aromatic N) is 2. The molecule has 4 heteroatoms. The van der Waals surface area contributed by atoms with Crippen LogP contribution in [0.5, 0.6) is 0 Å². The fourth-order valence-corrected chi connectivity index (χ4v) is 2.79. The zero-order chi connectivity index (χ0) is 13.8. The molecule has 0 aliphatic heterocycles. The van der Waals surface area contributed by atoms with Gasteiger partial charge in [-0.2, -0.15) is 0 Å². The molecule has 1 aromatic rings. The summed E-state index contributed by atoms with van der Waals surface area (Å²) in [7, 11) is 3.71. The molecule has 0 spiro atoms. The van der Waals surface area contributed by atoms with Gasteiger partial charge < -0.3 is 10.2 Å². The van der Waals surface area contributed by atoms with Crippen molar-refractivity contribution in [1.82, 2.24) is 9.88 Å². The van der Waals surface area contributed by atoms with E-state index < -0.39 is 0 Å². The van der Waals surface area contributed by atoms with Gasteiger partial charge in [0.1, 0.15) is 11.5 Å². The van der Waals surface area contributed by atoms with Gasteiger partial charge in [0, 0.05) is 20.1 Å². The summed E-state index contributed by atoms with van der Waals surface area (Å²) < 4.78 is 0. The molecule has 19 heavy (non-hydrogen) atoms. The molecule has 2 atom stereocenters. The van der Waals surface area contributed by atoms with E-state index in [2.05, 4.69) is 17.2 Å². The molecule has 1 saturated carbocycles. The summed E-state index contributed by atoms with van der Waals surface area (Å²) in [6, 6.07) is 5.87. The van der Waals surface area contributed by atoms with Gasteiger partial charge in [0.15, 0.2) is 0 Å². The van der Waals surface area contributed by atoms with E-state index in [-0.39, 0.29) is 5.91 Å². The second-order valence-corrected chi connectivity index (χ2v) is 5.50. The topological polar surface area (TPSA) is 45.2 Å². The van der Waals surface area contributed by atoms with E-state index in [0.29, 0.717) is 17.7 Å². The lowest BCUT2D eigenvalue weighted by Crippen LogP contribution is -2.40. The van der Waals surface area contributed by atoms with E-state index in [1.54, 1.807) is 6.07 Å². The minimum Gasteiger partial charge on any atom is -0.373 e. The van der Waals surface area contributed by atoms with Crippen molar-refractivity contribution < 1.29 is 4.79 Å². The van der Waals surface area contributed by atoms with Crippen LogP contribution in [-0.2, 0) is 0 Å². The number of carbonyl (C=O) groups is 1. The van der Waals surface area contributed by atoms with Gasteiger partial charge in [-0.15, -0.1) is 0 Å². The average Bonchev–Trinajstić information content (AvgIpc) is 2.45. The third kappa shape index (κ3) is 3.25. The lowest BCUT2D eigenvalue weighted by atomic mass is 9.86. The van der Waals surface area contributed by atoms with Crippen LogP contribution in [0.25, 0.3) is 0 Å². The molecule has 4 nitrogen and oxygen atoms in total. The van der Waals surface area contributed by atoms with Crippen molar-refractivity contribution in [3.8, 4) is 0 Å². The van der Waals surface area contributed by atoms with Crippen LogP contribution in [0.2, 0.25) is 0 Å². The molecule has 0 bridgehead atoms. The van der Waals surface area contributed by atoms with E-state index in [1.807, 2.05) is 31.1 Å². The SMILES string of the molecule is CNc1cccc(C(=O)N(C)C2CCCC(C)C2)n1. The van der Waals surface area contributed by atoms with Gasteiger partial charge in [-0.1, -0.05) is 25.8 Å². The molecule has 1 heterocycles. The third-order valence-electron chi connectivity index (χ3n) is 4.00. The van der Waals surface area contributed by atoms with E-state index in [1.165, 1.54) is 12.8 Å². The van der Waals surface area contributed by atoms with E-state index >= 15 is 0 Å². The van der Waals surface area contributed by atoms with Crippen molar-refractivity contribution in [2.45, 2.75) is 38.6 Å². The van der Waals surface area contributed by atoms with Crippen LogP contribution in [-0.4, -0.2) is 35.9 Å². The standard InChI is InChI=1S/C15H23N3O/c1-11-6-4-7-12(10-11)18(3)15(19)13-8-5-9-14(16-2)17-13/h5,8-9,11-12H,4,6-7,10H2,1-3H3,(H,16,17). The Morgan fingerprint density at radius 1 is 1.42 bits per heavy atom. The van der Waals surface area contributed by atoms with Gasteiger partial charge in [-0.3, -0.25) is 4.79 Å². The first-order chi connectivity index (χ1) is 9.11. The highest BCUT2D eigenvalue weighted by Gasteiger charge is 2.26. The van der Waals surface area contributed by atoms with E-state index in [0.717, 1.165) is 18.7 Å². The highest BCUT2D eigenvalue weighted by atomic mass is 16.2. The maximum absolute atomic E-state index is 12.5. The molecular weight excluding hydrogens is 238 g/mol. The quantitative estimate of drug-likeness (QED) is 0.910. The third-order valence-corrected chi connectivity index (χ3v) is 4.00. The number of aromatic nitrogens is 1. The normalized spacial score (nSPS) is 22.9. The Morgan fingerprint density at radius 2 is 2.21 bits per heavy atom. The van der Waals surface area contributed by atoms with Crippen molar-refractivity contribution >= 4 is 11.7 Å². The summed E-state index contributed by atoms with van der Waals surface area (Å²) in [6.07, 6.45) is 4.71. The number of carbonyl (C=O) groups excluding carboxylic acids is 1. The summed E-state index contributed by atoms with van der Waals surface area (Å²) >= 11 is 0. The van der Waals surface area contributed by atoms with Crippen molar-refractivity contribution in [1.29, 1.82) is 0 Å². The summed E-state index contributed by atoms with van der Waals surface area (Å²) in [5.41, 5.74) is 0.521. The summed E-state index contributed by atoms with van der Waals surface area (Å²) in [4.78, 5) is 18.7. The molecule has 2 unspecified atom stereocenters. The second-order valence-electron chi connectivity index (χ2n) is 5.50. The highest BCUT2D eigenvalue weighted by Crippen LogP contribution is 2.27. The number of nitrogens with one attached hydrogen (secondary N) is 1. The molecule has 1 aliphatic carbocycles. The van der Waals surface area contributed by atoms with Crippen LogP contribution in [0, 0.1) is 5.92 Å². The molecule has 1 aliphatic rings. The number of amides is 1. The van der Waals surface area contributed by atoms with Gasteiger partial charge in [0.25, 0.3) is 5.91 Å². The van der Waals surface area contributed by atoms with Gasteiger partial charge in [0.2, 0.25) is 0 Å². The van der Waals surface area contributed by atoms with Crippen LogP contribution in [0.3, 0.4) is 0 Å². The number of hydrogen-bond donors (Lipinski definition) is 1. The Labute approximate surface area is 115 Å². The lowest BCUT2D eigenvalue weighted by molar-refractivity contribution is 0.0666. The first-order valence-electron chi connectivity index (χ1n) is 7.03. The van der Waals surface area contributed by atoms with Gasteiger partial charge in [-0.05, 0) is 30.9 Å².